The predicted molar refractivity (Wildman–Crippen MR) is 83.8 cm³/mol. The lowest BCUT2D eigenvalue weighted by Gasteiger charge is -2.31. The Labute approximate surface area is 123 Å². The first-order chi connectivity index (χ1) is 9.85. The number of nitrogens with zero attached hydrogens (tertiary/aromatic N) is 1. The van der Waals surface area contributed by atoms with E-state index in [9.17, 15) is 0 Å². The molecule has 0 aromatic carbocycles. The summed E-state index contributed by atoms with van der Waals surface area (Å²) in [5.41, 5.74) is 1.18. The van der Waals surface area contributed by atoms with Gasteiger partial charge in [0, 0.05) is 18.3 Å². The van der Waals surface area contributed by atoms with Gasteiger partial charge in [0.2, 0.25) is 0 Å². The van der Waals surface area contributed by atoms with Crippen molar-refractivity contribution in [2.24, 2.45) is 5.92 Å². The summed E-state index contributed by atoms with van der Waals surface area (Å²) in [5.74, 6) is 1.73. The largest absolute Gasteiger partial charge is 0.373 e. The Morgan fingerprint density at radius 2 is 2.15 bits per heavy atom. The van der Waals surface area contributed by atoms with Crippen molar-refractivity contribution in [1.29, 1.82) is 0 Å². The molecule has 2 rings (SSSR count). The van der Waals surface area contributed by atoms with Crippen LogP contribution in [0, 0.1) is 5.92 Å². The molecule has 3 nitrogen and oxygen atoms in total. The molecule has 0 aliphatic heterocycles. The molecule has 1 aliphatic carbocycles. The summed E-state index contributed by atoms with van der Waals surface area (Å²) >= 11 is 0. The number of ether oxygens (including phenoxy) is 1. The molecule has 0 amide bonds. The third-order valence-corrected chi connectivity index (χ3v) is 4.25. The van der Waals surface area contributed by atoms with Crippen molar-refractivity contribution in [3.63, 3.8) is 0 Å². The van der Waals surface area contributed by atoms with Gasteiger partial charge in [-0.3, -0.25) is 0 Å². The van der Waals surface area contributed by atoms with Crippen LogP contribution >= 0.6 is 0 Å². The summed E-state index contributed by atoms with van der Waals surface area (Å²) in [6.07, 6.45) is 9.86. The van der Waals surface area contributed by atoms with Crippen molar-refractivity contribution in [3.05, 3.63) is 23.9 Å². The van der Waals surface area contributed by atoms with Gasteiger partial charge in [0.1, 0.15) is 5.82 Å². The van der Waals surface area contributed by atoms with Crippen molar-refractivity contribution >= 4 is 5.82 Å². The number of hydrogen-bond donors (Lipinski definition) is 1. The van der Waals surface area contributed by atoms with Crippen molar-refractivity contribution in [2.75, 3.05) is 11.9 Å². The molecule has 0 radical (unpaired) electrons. The third-order valence-electron chi connectivity index (χ3n) is 4.25. The van der Waals surface area contributed by atoms with Gasteiger partial charge in [-0.05, 0) is 31.2 Å². The molecule has 0 bridgehead atoms. The molecule has 1 heterocycles. The molecule has 3 heteroatoms. The Morgan fingerprint density at radius 1 is 1.30 bits per heavy atom. The summed E-state index contributed by atoms with van der Waals surface area (Å²) in [6, 6.07) is 4.11. The minimum absolute atomic E-state index is 0.438. The molecule has 1 aromatic rings. The first-order valence-electron chi connectivity index (χ1n) is 8.14. The van der Waals surface area contributed by atoms with Gasteiger partial charge >= 0.3 is 0 Å². The minimum atomic E-state index is 0.438. The van der Waals surface area contributed by atoms with Crippen LogP contribution in [0.15, 0.2) is 18.3 Å². The summed E-state index contributed by atoms with van der Waals surface area (Å²) in [5, 5.41) is 3.38. The van der Waals surface area contributed by atoms with E-state index in [1.165, 1.54) is 37.7 Å². The van der Waals surface area contributed by atoms with Gasteiger partial charge in [0.05, 0.1) is 12.7 Å². The Hall–Kier alpha value is -1.09. The number of aromatic nitrogens is 1. The van der Waals surface area contributed by atoms with E-state index in [4.69, 9.17) is 4.74 Å². The van der Waals surface area contributed by atoms with Gasteiger partial charge < -0.3 is 10.1 Å². The average Bonchev–Trinajstić information content (AvgIpc) is 2.52. The average molecular weight is 276 g/mol. The molecule has 112 valence electrons. The number of anilines is 1. The lowest BCUT2D eigenvalue weighted by Crippen LogP contribution is -2.27. The Balaban J connectivity index is 1.92. The van der Waals surface area contributed by atoms with Crippen LogP contribution in [0.3, 0.4) is 0 Å². The summed E-state index contributed by atoms with van der Waals surface area (Å²) in [6.45, 7) is 6.09. The molecule has 2 atom stereocenters. The second-order valence-corrected chi connectivity index (χ2v) is 5.74. The van der Waals surface area contributed by atoms with Gasteiger partial charge in [-0.25, -0.2) is 4.98 Å². The number of rotatable bonds is 7. The fourth-order valence-corrected chi connectivity index (χ4v) is 3.01. The van der Waals surface area contributed by atoms with E-state index >= 15 is 0 Å². The Kier molecular flexibility index (Phi) is 6.31. The first kappa shape index (κ1) is 15.3. The van der Waals surface area contributed by atoms with E-state index < -0.39 is 0 Å². The van der Waals surface area contributed by atoms with Crippen molar-refractivity contribution in [2.45, 2.75) is 65.1 Å². The van der Waals surface area contributed by atoms with Crippen LogP contribution in [0.1, 0.15) is 57.9 Å². The van der Waals surface area contributed by atoms with E-state index in [-0.39, 0.29) is 0 Å². The van der Waals surface area contributed by atoms with Gasteiger partial charge in [-0.1, -0.05) is 39.2 Å². The summed E-state index contributed by atoms with van der Waals surface area (Å²) in [4.78, 5) is 4.43. The maximum absolute atomic E-state index is 6.21. The molecule has 1 aromatic heterocycles. The van der Waals surface area contributed by atoms with Crippen LogP contribution in [0.4, 0.5) is 5.82 Å². The van der Waals surface area contributed by atoms with Gasteiger partial charge in [0.15, 0.2) is 0 Å². The summed E-state index contributed by atoms with van der Waals surface area (Å²) in [7, 11) is 0. The molecule has 1 aliphatic rings. The number of pyridine rings is 1. The van der Waals surface area contributed by atoms with Crippen LogP contribution in [0.25, 0.3) is 0 Å². The Bertz CT molecular complexity index is 394. The highest BCUT2D eigenvalue weighted by Gasteiger charge is 2.24. The molecule has 1 fully saturated rings. The van der Waals surface area contributed by atoms with Crippen LogP contribution < -0.4 is 5.32 Å². The van der Waals surface area contributed by atoms with Gasteiger partial charge in [-0.2, -0.15) is 0 Å². The molecule has 1 N–H and O–H groups in total. The molecule has 1 saturated carbocycles. The van der Waals surface area contributed by atoms with Crippen molar-refractivity contribution < 1.29 is 4.74 Å². The molecular formula is C17H28N2O. The molecule has 0 saturated heterocycles. The van der Waals surface area contributed by atoms with Gasteiger partial charge in [0.25, 0.3) is 0 Å². The van der Waals surface area contributed by atoms with Crippen molar-refractivity contribution in [3.8, 4) is 0 Å². The molecular weight excluding hydrogens is 248 g/mol. The van der Waals surface area contributed by atoms with E-state index in [1.54, 1.807) is 0 Å². The van der Waals surface area contributed by atoms with E-state index in [1.807, 2.05) is 12.3 Å². The second-order valence-electron chi connectivity index (χ2n) is 5.74. The highest BCUT2D eigenvalue weighted by atomic mass is 16.5. The maximum atomic E-state index is 6.21. The topological polar surface area (TPSA) is 34.2 Å². The zero-order valence-electron chi connectivity index (χ0n) is 12.9. The van der Waals surface area contributed by atoms with E-state index in [2.05, 4.69) is 30.2 Å². The standard InChI is InChI=1S/C17H28N2O/c1-3-11-18-17-15(9-7-12-19-17)13-20-16-10-6-5-8-14(16)4-2/h7,9,12,14,16H,3-6,8,10-11,13H2,1-2H3,(H,18,19). The minimum Gasteiger partial charge on any atom is -0.373 e. The molecule has 0 spiro atoms. The highest BCUT2D eigenvalue weighted by Crippen LogP contribution is 2.30. The third kappa shape index (κ3) is 4.20. The monoisotopic (exact) mass is 276 g/mol. The predicted octanol–water partition coefficient (Wildman–Crippen LogP) is 4.39. The van der Waals surface area contributed by atoms with Crippen LogP contribution in [-0.4, -0.2) is 17.6 Å². The van der Waals surface area contributed by atoms with Crippen molar-refractivity contribution in [1.82, 2.24) is 4.98 Å². The van der Waals surface area contributed by atoms with Crippen LogP contribution in [-0.2, 0) is 11.3 Å². The van der Waals surface area contributed by atoms with E-state index in [0.717, 1.165) is 24.7 Å². The lowest BCUT2D eigenvalue weighted by molar-refractivity contribution is -0.0220. The van der Waals surface area contributed by atoms with Crippen LogP contribution in [0.5, 0.6) is 0 Å². The van der Waals surface area contributed by atoms with Gasteiger partial charge in [-0.15, -0.1) is 0 Å². The smallest absolute Gasteiger partial charge is 0.131 e. The second kappa shape index (κ2) is 8.25. The summed E-state index contributed by atoms with van der Waals surface area (Å²) < 4.78 is 6.21. The highest BCUT2D eigenvalue weighted by molar-refractivity contribution is 5.43. The van der Waals surface area contributed by atoms with E-state index in [0.29, 0.717) is 12.7 Å². The lowest BCUT2D eigenvalue weighted by atomic mass is 9.85. The quantitative estimate of drug-likeness (QED) is 0.802. The maximum Gasteiger partial charge on any atom is 0.131 e. The SMILES string of the molecule is CCCNc1ncccc1COC1CCCCC1CC. The normalized spacial score (nSPS) is 22.7. The molecule has 20 heavy (non-hydrogen) atoms. The fraction of sp³-hybridized carbons (Fsp3) is 0.706. The fourth-order valence-electron chi connectivity index (χ4n) is 3.01. The number of nitrogens with one attached hydrogen (secondary N) is 1. The number of hydrogen-bond acceptors (Lipinski definition) is 3. The Morgan fingerprint density at radius 3 is 2.95 bits per heavy atom. The molecule has 2 unspecified atom stereocenters. The van der Waals surface area contributed by atoms with Crippen LogP contribution in [0.2, 0.25) is 0 Å². The first-order valence-corrected chi connectivity index (χ1v) is 8.14. The zero-order chi connectivity index (χ0) is 14.2. The zero-order valence-corrected chi connectivity index (χ0v) is 12.9.